The predicted octanol–water partition coefficient (Wildman–Crippen LogP) is 1.78. The van der Waals surface area contributed by atoms with Gasteiger partial charge in [-0.15, -0.1) is 0 Å². The lowest BCUT2D eigenvalue weighted by Crippen LogP contribution is -2.49. The zero-order valence-electron chi connectivity index (χ0n) is 16.7. The molecule has 1 aromatic carbocycles. The Hall–Kier alpha value is -1.59. The Morgan fingerprint density at radius 1 is 1.08 bits per heavy atom. The van der Waals surface area contributed by atoms with E-state index < -0.39 is 0 Å². The molecule has 3 rings (SSSR count). The molecule has 0 aromatic heterocycles. The molecule has 144 valence electrons. The molecule has 2 aliphatic rings. The number of likely N-dealkylation sites (N-methyl/N-ethyl adjacent to an activating group) is 1. The second-order valence-electron chi connectivity index (χ2n) is 8.19. The van der Waals surface area contributed by atoms with Gasteiger partial charge in [0.05, 0.1) is 6.42 Å². The molecule has 5 nitrogen and oxygen atoms in total. The van der Waals surface area contributed by atoms with Gasteiger partial charge in [-0.2, -0.15) is 0 Å². The van der Waals surface area contributed by atoms with Crippen LogP contribution in [0.3, 0.4) is 0 Å². The first kappa shape index (κ1) is 19.2. The fourth-order valence-electron chi connectivity index (χ4n) is 4.03. The van der Waals surface area contributed by atoms with Gasteiger partial charge >= 0.3 is 0 Å². The highest BCUT2D eigenvalue weighted by atomic mass is 16.2. The molecule has 0 radical (unpaired) electrons. The van der Waals surface area contributed by atoms with Crippen molar-refractivity contribution in [2.45, 2.75) is 19.3 Å². The van der Waals surface area contributed by atoms with Gasteiger partial charge < -0.3 is 19.6 Å². The Labute approximate surface area is 158 Å². The van der Waals surface area contributed by atoms with E-state index in [1.807, 2.05) is 14.1 Å². The third-order valence-electron chi connectivity index (χ3n) is 5.79. The number of hydrogen-bond acceptors (Lipinski definition) is 4. The van der Waals surface area contributed by atoms with Crippen LogP contribution >= 0.6 is 0 Å². The summed E-state index contributed by atoms with van der Waals surface area (Å²) in [5.74, 6) is 0.915. The number of nitrogens with zero attached hydrogens (tertiary/aromatic N) is 4. The molecule has 0 saturated carbocycles. The molecule has 1 unspecified atom stereocenters. The summed E-state index contributed by atoms with van der Waals surface area (Å²) in [5.41, 5.74) is 2.29. The van der Waals surface area contributed by atoms with E-state index in [0.717, 1.165) is 44.7 Å². The fourth-order valence-corrected chi connectivity index (χ4v) is 4.03. The van der Waals surface area contributed by atoms with Crippen molar-refractivity contribution in [3.05, 3.63) is 29.8 Å². The molecule has 1 atom stereocenters. The van der Waals surface area contributed by atoms with Crippen molar-refractivity contribution in [1.29, 1.82) is 0 Å². The molecule has 0 bridgehead atoms. The van der Waals surface area contributed by atoms with Crippen molar-refractivity contribution in [3.8, 4) is 0 Å². The molecule has 1 aromatic rings. The number of hydrogen-bond donors (Lipinski definition) is 0. The smallest absolute Gasteiger partial charge is 0.226 e. The molecule has 5 heteroatoms. The van der Waals surface area contributed by atoms with Crippen molar-refractivity contribution in [2.24, 2.45) is 5.92 Å². The monoisotopic (exact) mass is 358 g/mol. The lowest BCUT2D eigenvalue weighted by molar-refractivity contribution is -0.132. The Morgan fingerprint density at radius 2 is 1.77 bits per heavy atom. The van der Waals surface area contributed by atoms with Crippen LogP contribution in [0.2, 0.25) is 0 Å². The summed E-state index contributed by atoms with van der Waals surface area (Å²) in [7, 11) is 6.27. The van der Waals surface area contributed by atoms with Gasteiger partial charge in [-0.1, -0.05) is 12.1 Å². The first-order valence-corrected chi connectivity index (χ1v) is 9.96. The molecule has 0 spiro atoms. The lowest BCUT2D eigenvalue weighted by atomic mass is 9.96. The van der Waals surface area contributed by atoms with E-state index in [9.17, 15) is 4.79 Å². The van der Waals surface area contributed by atoms with E-state index in [4.69, 9.17) is 0 Å². The topological polar surface area (TPSA) is 30.0 Å². The van der Waals surface area contributed by atoms with Gasteiger partial charge in [0.2, 0.25) is 5.91 Å². The van der Waals surface area contributed by atoms with Crippen LogP contribution in [0, 0.1) is 5.92 Å². The number of carbonyl (C=O) groups is 1. The third-order valence-corrected chi connectivity index (χ3v) is 5.79. The maximum absolute atomic E-state index is 12.8. The largest absolute Gasteiger partial charge is 0.378 e. The van der Waals surface area contributed by atoms with Crippen LogP contribution in [0.4, 0.5) is 5.69 Å². The highest BCUT2D eigenvalue weighted by molar-refractivity contribution is 5.79. The Balaban J connectivity index is 1.49. The van der Waals surface area contributed by atoms with Crippen molar-refractivity contribution in [3.63, 3.8) is 0 Å². The van der Waals surface area contributed by atoms with Crippen molar-refractivity contribution in [2.75, 3.05) is 71.9 Å². The normalized spacial score (nSPS) is 22.4. The molecule has 2 fully saturated rings. The summed E-state index contributed by atoms with van der Waals surface area (Å²) in [6.45, 7) is 7.67. The maximum Gasteiger partial charge on any atom is 0.226 e. The Morgan fingerprint density at radius 3 is 2.42 bits per heavy atom. The van der Waals surface area contributed by atoms with Gasteiger partial charge in [0.1, 0.15) is 0 Å². The van der Waals surface area contributed by atoms with E-state index in [2.05, 4.69) is 50.9 Å². The first-order chi connectivity index (χ1) is 12.5. The van der Waals surface area contributed by atoms with Crippen LogP contribution < -0.4 is 4.90 Å². The third kappa shape index (κ3) is 5.21. The molecular weight excluding hydrogens is 324 g/mol. The molecule has 2 aliphatic heterocycles. The van der Waals surface area contributed by atoms with Gasteiger partial charge in [0.15, 0.2) is 0 Å². The first-order valence-electron chi connectivity index (χ1n) is 9.96. The van der Waals surface area contributed by atoms with Gasteiger partial charge in [-0.3, -0.25) is 4.79 Å². The second-order valence-corrected chi connectivity index (χ2v) is 8.19. The maximum atomic E-state index is 12.8. The highest BCUT2D eigenvalue weighted by Gasteiger charge is 2.26. The van der Waals surface area contributed by atoms with Crippen LogP contribution in [0.1, 0.15) is 18.4 Å². The molecule has 2 saturated heterocycles. The number of amides is 1. The van der Waals surface area contributed by atoms with E-state index in [1.165, 1.54) is 25.2 Å². The Kier molecular flexibility index (Phi) is 6.54. The molecular formula is C21H34N4O. The van der Waals surface area contributed by atoms with Crippen molar-refractivity contribution < 1.29 is 4.79 Å². The number of rotatable bonds is 5. The quantitative estimate of drug-likeness (QED) is 0.803. The molecule has 0 N–H and O–H groups in total. The Bertz CT molecular complexity index is 578. The van der Waals surface area contributed by atoms with Gasteiger partial charge in [-0.25, -0.2) is 0 Å². The highest BCUT2D eigenvalue weighted by Crippen LogP contribution is 2.20. The minimum atomic E-state index is 0.283. The molecule has 0 aliphatic carbocycles. The zero-order chi connectivity index (χ0) is 18.5. The van der Waals surface area contributed by atoms with Crippen LogP contribution in [-0.2, 0) is 11.2 Å². The van der Waals surface area contributed by atoms with Crippen molar-refractivity contribution in [1.82, 2.24) is 14.7 Å². The number of piperidine rings is 1. The lowest BCUT2D eigenvalue weighted by Gasteiger charge is -2.38. The number of carbonyl (C=O) groups excluding carboxylic acids is 1. The second kappa shape index (κ2) is 8.87. The summed E-state index contributed by atoms with van der Waals surface area (Å²) in [5, 5.41) is 0. The van der Waals surface area contributed by atoms with E-state index in [-0.39, 0.29) is 5.91 Å². The van der Waals surface area contributed by atoms with Crippen LogP contribution in [0.15, 0.2) is 24.3 Å². The number of benzene rings is 1. The van der Waals surface area contributed by atoms with E-state index in [0.29, 0.717) is 12.3 Å². The van der Waals surface area contributed by atoms with Gasteiger partial charge in [0, 0.05) is 65.6 Å². The van der Waals surface area contributed by atoms with Crippen LogP contribution in [0.5, 0.6) is 0 Å². The average Bonchev–Trinajstić information content (AvgIpc) is 2.64. The SMILES string of the molecule is CN1CCN(CC2CCCN(C(=O)Cc3ccc(N(C)C)cc3)C2)CC1. The van der Waals surface area contributed by atoms with Crippen molar-refractivity contribution >= 4 is 11.6 Å². The van der Waals surface area contributed by atoms with Gasteiger partial charge in [-0.05, 0) is 43.5 Å². The minimum Gasteiger partial charge on any atom is -0.378 e. The van der Waals surface area contributed by atoms with E-state index in [1.54, 1.807) is 0 Å². The summed E-state index contributed by atoms with van der Waals surface area (Å²) in [4.78, 5) is 21.9. The average molecular weight is 359 g/mol. The fraction of sp³-hybridized carbons (Fsp3) is 0.667. The minimum absolute atomic E-state index is 0.283. The van der Waals surface area contributed by atoms with Gasteiger partial charge in [0.25, 0.3) is 0 Å². The van der Waals surface area contributed by atoms with Crippen LogP contribution in [-0.4, -0.2) is 87.6 Å². The summed E-state index contributed by atoms with van der Waals surface area (Å²) < 4.78 is 0. The summed E-state index contributed by atoms with van der Waals surface area (Å²) >= 11 is 0. The number of piperazine rings is 1. The number of likely N-dealkylation sites (tertiary alicyclic amines) is 1. The van der Waals surface area contributed by atoms with E-state index >= 15 is 0 Å². The zero-order valence-corrected chi connectivity index (χ0v) is 16.7. The molecule has 2 heterocycles. The predicted molar refractivity (Wildman–Crippen MR) is 108 cm³/mol. The summed E-state index contributed by atoms with van der Waals surface area (Å²) in [6.07, 6.45) is 2.92. The number of anilines is 1. The van der Waals surface area contributed by atoms with Crippen LogP contribution in [0.25, 0.3) is 0 Å². The summed E-state index contributed by atoms with van der Waals surface area (Å²) in [6, 6.07) is 8.35. The standard InChI is InChI=1S/C21H34N4O/c1-22(2)20-8-6-18(7-9-20)15-21(26)25-10-4-5-19(17-25)16-24-13-11-23(3)12-14-24/h6-9,19H,4-5,10-17H2,1-3H3. The molecule has 1 amide bonds. The molecule has 26 heavy (non-hydrogen) atoms.